The Morgan fingerprint density at radius 2 is 2.25 bits per heavy atom. The predicted octanol–water partition coefficient (Wildman–Crippen LogP) is -0.277. The Kier molecular flexibility index (Phi) is 2.52. The third kappa shape index (κ3) is 1.87. The molecule has 0 aliphatic heterocycles. The van der Waals surface area contributed by atoms with Crippen LogP contribution in [-0.4, -0.2) is 23.1 Å². The number of nitrogens with two attached hydrogens (primary N) is 1. The summed E-state index contributed by atoms with van der Waals surface area (Å²) in [5.74, 6) is -1.33. The molecule has 1 aliphatic rings. The summed E-state index contributed by atoms with van der Waals surface area (Å²) in [6, 6.07) is -0.153. The Hall–Kier alpha value is -1.26. The third-order valence-electron chi connectivity index (χ3n) is 2.17. The van der Waals surface area contributed by atoms with Crippen LogP contribution in [0.3, 0.4) is 0 Å². The SMILES string of the molecule is N=C(N)N[C@H]1CCC[C@@H]1C(=O)O. The van der Waals surface area contributed by atoms with Crippen molar-refractivity contribution in [3.05, 3.63) is 0 Å². The van der Waals surface area contributed by atoms with Crippen LogP contribution in [0.15, 0.2) is 0 Å². The summed E-state index contributed by atoms with van der Waals surface area (Å²) in [5.41, 5.74) is 5.11. The van der Waals surface area contributed by atoms with Gasteiger partial charge >= 0.3 is 5.97 Å². The molecule has 1 rings (SSSR count). The molecule has 5 heteroatoms. The van der Waals surface area contributed by atoms with E-state index in [0.29, 0.717) is 6.42 Å². The minimum atomic E-state index is -0.800. The Balaban J connectivity index is 2.52. The lowest BCUT2D eigenvalue weighted by molar-refractivity contribution is -0.142. The zero-order chi connectivity index (χ0) is 9.14. The first-order valence-electron chi connectivity index (χ1n) is 3.94. The van der Waals surface area contributed by atoms with Crippen LogP contribution in [0.1, 0.15) is 19.3 Å². The number of hydrogen-bond acceptors (Lipinski definition) is 2. The lowest BCUT2D eigenvalue weighted by Gasteiger charge is -2.16. The predicted molar refractivity (Wildman–Crippen MR) is 43.8 cm³/mol. The van der Waals surface area contributed by atoms with E-state index < -0.39 is 5.97 Å². The number of nitrogens with one attached hydrogen (secondary N) is 2. The van der Waals surface area contributed by atoms with Gasteiger partial charge in [-0.05, 0) is 12.8 Å². The number of guanidine groups is 1. The molecule has 1 aliphatic carbocycles. The quantitative estimate of drug-likeness (QED) is 0.339. The number of carboxylic acids is 1. The maximum atomic E-state index is 10.6. The van der Waals surface area contributed by atoms with E-state index in [1.165, 1.54) is 0 Å². The molecule has 0 heterocycles. The number of hydrogen-bond donors (Lipinski definition) is 4. The molecule has 0 aromatic heterocycles. The molecular formula is C7H13N3O2. The maximum Gasteiger partial charge on any atom is 0.308 e. The molecule has 0 radical (unpaired) electrons. The topological polar surface area (TPSA) is 99.2 Å². The van der Waals surface area contributed by atoms with Gasteiger partial charge in [-0.2, -0.15) is 0 Å². The summed E-state index contributed by atoms with van der Waals surface area (Å²) in [6.07, 6.45) is 2.36. The molecule has 0 unspecified atom stereocenters. The summed E-state index contributed by atoms with van der Waals surface area (Å²) in [7, 11) is 0. The van der Waals surface area contributed by atoms with Gasteiger partial charge in [0, 0.05) is 6.04 Å². The highest BCUT2D eigenvalue weighted by atomic mass is 16.4. The first-order chi connectivity index (χ1) is 5.61. The third-order valence-corrected chi connectivity index (χ3v) is 2.17. The Labute approximate surface area is 70.5 Å². The van der Waals surface area contributed by atoms with E-state index >= 15 is 0 Å². The van der Waals surface area contributed by atoms with Gasteiger partial charge in [-0.15, -0.1) is 0 Å². The van der Waals surface area contributed by atoms with Crippen LogP contribution in [0.2, 0.25) is 0 Å². The van der Waals surface area contributed by atoms with E-state index in [1.807, 2.05) is 0 Å². The fourth-order valence-electron chi connectivity index (χ4n) is 1.63. The van der Waals surface area contributed by atoms with Crippen molar-refractivity contribution in [3.8, 4) is 0 Å². The van der Waals surface area contributed by atoms with Gasteiger partial charge in [-0.1, -0.05) is 6.42 Å². The van der Waals surface area contributed by atoms with Crippen molar-refractivity contribution in [2.75, 3.05) is 0 Å². The minimum absolute atomic E-state index is 0.145. The minimum Gasteiger partial charge on any atom is -0.481 e. The maximum absolute atomic E-state index is 10.6. The van der Waals surface area contributed by atoms with Gasteiger partial charge in [0.1, 0.15) is 0 Å². The molecule has 0 amide bonds. The molecule has 0 aromatic rings. The fourth-order valence-corrected chi connectivity index (χ4v) is 1.63. The summed E-state index contributed by atoms with van der Waals surface area (Å²) in [4.78, 5) is 10.6. The van der Waals surface area contributed by atoms with Gasteiger partial charge in [-0.25, -0.2) is 0 Å². The molecule has 1 fully saturated rings. The van der Waals surface area contributed by atoms with Gasteiger partial charge in [0.2, 0.25) is 0 Å². The number of rotatable bonds is 2. The fraction of sp³-hybridized carbons (Fsp3) is 0.714. The van der Waals surface area contributed by atoms with Crippen LogP contribution >= 0.6 is 0 Å². The van der Waals surface area contributed by atoms with Gasteiger partial charge in [0.25, 0.3) is 0 Å². The van der Waals surface area contributed by atoms with Crippen molar-refractivity contribution in [3.63, 3.8) is 0 Å². The average Bonchev–Trinajstić information content (AvgIpc) is 2.33. The lowest BCUT2D eigenvalue weighted by Crippen LogP contribution is -2.43. The Bertz CT molecular complexity index is 205. The van der Waals surface area contributed by atoms with E-state index in [1.54, 1.807) is 0 Å². The second kappa shape index (κ2) is 3.42. The van der Waals surface area contributed by atoms with Crippen molar-refractivity contribution in [2.45, 2.75) is 25.3 Å². The lowest BCUT2D eigenvalue weighted by atomic mass is 10.0. The standard InChI is InChI=1S/C7H13N3O2/c8-7(9)10-5-3-1-2-4(5)6(11)12/h4-5H,1-3H2,(H,11,12)(H4,8,9,10)/t4-,5-/m0/s1. The van der Waals surface area contributed by atoms with Gasteiger partial charge in [-0.3, -0.25) is 10.2 Å². The largest absolute Gasteiger partial charge is 0.481 e. The molecular weight excluding hydrogens is 158 g/mol. The van der Waals surface area contributed by atoms with Crippen molar-refractivity contribution in [1.82, 2.24) is 5.32 Å². The summed E-state index contributed by atoms with van der Waals surface area (Å²) >= 11 is 0. The first-order valence-corrected chi connectivity index (χ1v) is 3.94. The molecule has 2 atom stereocenters. The number of carbonyl (C=O) groups is 1. The zero-order valence-electron chi connectivity index (χ0n) is 6.71. The Morgan fingerprint density at radius 1 is 1.58 bits per heavy atom. The Morgan fingerprint density at radius 3 is 2.75 bits per heavy atom. The van der Waals surface area contributed by atoms with Gasteiger partial charge < -0.3 is 16.2 Å². The van der Waals surface area contributed by atoms with E-state index in [-0.39, 0.29) is 17.9 Å². The summed E-state index contributed by atoms with van der Waals surface area (Å²) < 4.78 is 0. The second-order valence-electron chi connectivity index (χ2n) is 3.04. The highest BCUT2D eigenvalue weighted by Crippen LogP contribution is 2.25. The van der Waals surface area contributed by atoms with Crippen LogP contribution < -0.4 is 11.1 Å². The molecule has 0 aromatic carbocycles. The van der Waals surface area contributed by atoms with E-state index in [9.17, 15) is 4.79 Å². The van der Waals surface area contributed by atoms with Gasteiger partial charge in [0.15, 0.2) is 5.96 Å². The second-order valence-corrected chi connectivity index (χ2v) is 3.04. The molecule has 0 bridgehead atoms. The molecule has 5 nitrogen and oxygen atoms in total. The van der Waals surface area contributed by atoms with E-state index in [2.05, 4.69) is 5.32 Å². The first kappa shape index (κ1) is 8.83. The van der Waals surface area contributed by atoms with Crippen molar-refractivity contribution in [1.29, 1.82) is 5.41 Å². The normalized spacial score (nSPS) is 28.3. The van der Waals surface area contributed by atoms with Crippen LogP contribution in [0.4, 0.5) is 0 Å². The molecule has 5 N–H and O–H groups in total. The highest BCUT2D eigenvalue weighted by molar-refractivity contribution is 5.77. The summed E-state index contributed by atoms with van der Waals surface area (Å²) in [5, 5.41) is 18.4. The average molecular weight is 171 g/mol. The molecule has 0 saturated heterocycles. The van der Waals surface area contributed by atoms with Crippen LogP contribution in [0.25, 0.3) is 0 Å². The monoisotopic (exact) mass is 171 g/mol. The van der Waals surface area contributed by atoms with Crippen molar-refractivity contribution in [2.24, 2.45) is 11.7 Å². The van der Waals surface area contributed by atoms with Crippen molar-refractivity contribution >= 4 is 11.9 Å². The highest BCUT2D eigenvalue weighted by Gasteiger charge is 2.32. The van der Waals surface area contributed by atoms with Crippen molar-refractivity contribution < 1.29 is 9.90 Å². The zero-order valence-corrected chi connectivity index (χ0v) is 6.71. The number of carboxylic acid groups (broad SMARTS) is 1. The van der Waals surface area contributed by atoms with Crippen LogP contribution in [0.5, 0.6) is 0 Å². The molecule has 1 saturated carbocycles. The van der Waals surface area contributed by atoms with E-state index in [4.69, 9.17) is 16.2 Å². The summed E-state index contributed by atoms with van der Waals surface area (Å²) in [6.45, 7) is 0. The number of aliphatic carboxylic acids is 1. The molecule has 0 spiro atoms. The van der Waals surface area contributed by atoms with Crippen LogP contribution in [0, 0.1) is 11.3 Å². The van der Waals surface area contributed by atoms with E-state index in [0.717, 1.165) is 12.8 Å². The molecule has 12 heavy (non-hydrogen) atoms. The van der Waals surface area contributed by atoms with Gasteiger partial charge in [0.05, 0.1) is 5.92 Å². The molecule has 68 valence electrons. The smallest absolute Gasteiger partial charge is 0.308 e. The van der Waals surface area contributed by atoms with Crippen LogP contribution in [-0.2, 0) is 4.79 Å².